The van der Waals surface area contributed by atoms with Crippen molar-refractivity contribution in [2.24, 2.45) is 0 Å². The van der Waals surface area contributed by atoms with E-state index in [1.807, 2.05) is 13.8 Å². The molecule has 122 valence electrons. The first-order valence-corrected chi connectivity index (χ1v) is 7.71. The molecule has 0 spiro atoms. The predicted molar refractivity (Wildman–Crippen MR) is 88.0 cm³/mol. The number of hydrogen-bond acceptors (Lipinski definition) is 5. The molecule has 2 rings (SSSR count). The van der Waals surface area contributed by atoms with Crippen molar-refractivity contribution < 1.29 is 24.2 Å². The lowest BCUT2D eigenvalue weighted by molar-refractivity contribution is 0.0702. The summed E-state index contributed by atoms with van der Waals surface area (Å²) >= 11 is 0.914. The zero-order chi connectivity index (χ0) is 17.0. The van der Waals surface area contributed by atoms with E-state index in [1.54, 1.807) is 18.2 Å². The van der Waals surface area contributed by atoms with E-state index in [1.165, 1.54) is 19.2 Å². The van der Waals surface area contributed by atoms with Crippen LogP contribution >= 0.6 is 11.3 Å². The molecule has 0 atom stereocenters. The van der Waals surface area contributed by atoms with Gasteiger partial charge in [0.05, 0.1) is 23.8 Å². The second-order valence-corrected chi connectivity index (χ2v) is 6.04. The monoisotopic (exact) mass is 335 g/mol. The SMILES string of the molecule is COc1ccc(OC(C)C)c(NC(=O)c2ccc(C(=O)O)s2)c1. The van der Waals surface area contributed by atoms with Crippen LogP contribution in [0.2, 0.25) is 0 Å². The lowest BCUT2D eigenvalue weighted by Gasteiger charge is -2.15. The molecule has 0 radical (unpaired) electrons. The first kappa shape index (κ1) is 16.8. The van der Waals surface area contributed by atoms with Gasteiger partial charge >= 0.3 is 5.97 Å². The smallest absolute Gasteiger partial charge is 0.345 e. The van der Waals surface area contributed by atoms with Crippen molar-refractivity contribution in [2.75, 3.05) is 12.4 Å². The molecule has 2 N–H and O–H groups in total. The molecule has 0 fully saturated rings. The van der Waals surface area contributed by atoms with Crippen LogP contribution in [0, 0.1) is 0 Å². The molecule has 1 amide bonds. The zero-order valence-electron chi connectivity index (χ0n) is 13.0. The molecular weight excluding hydrogens is 318 g/mol. The minimum Gasteiger partial charge on any atom is -0.497 e. The van der Waals surface area contributed by atoms with Gasteiger partial charge < -0.3 is 19.9 Å². The summed E-state index contributed by atoms with van der Waals surface area (Å²) in [5.74, 6) is -0.360. The third-order valence-electron chi connectivity index (χ3n) is 2.84. The van der Waals surface area contributed by atoms with Crippen LogP contribution in [0.5, 0.6) is 11.5 Å². The second-order valence-electron chi connectivity index (χ2n) is 4.95. The average molecular weight is 335 g/mol. The van der Waals surface area contributed by atoms with E-state index in [0.717, 1.165) is 11.3 Å². The summed E-state index contributed by atoms with van der Waals surface area (Å²) < 4.78 is 10.8. The number of thiophene rings is 1. The molecule has 6 nitrogen and oxygen atoms in total. The topological polar surface area (TPSA) is 84.9 Å². The number of carbonyl (C=O) groups is 2. The second kappa shape index (κ2) is 7.15. The van der Waals surface area contributed by atoms with Crippen LogP contribution in [-0.2, 0) is 0 Å². The number of carbonyl (C=O) groups excluding carboxylic acids is 1. The molecule has 0 aliphatic rings. The normalized spacial score (nSPS) is 10.4. The Labute approximate surface area is 137 Å². The number of methoxy groups -OCH3 is 1. The van der Waals surface area contributed by atoms with E-state index in [-0.39, 0.29) is 11.0 Å². The predicted octanol–water partition coefficient (Wildman–Crippen LogP) is 3.49. The van der Waals surface area contributed by atoms with Crippen molar-refractivity contribution >= 4 is 28.9 Å². The molecular formula is C16H17NO5S. The van der Waals surface area contributed by atoms with Crippen molar-refractivity contribution in [2.45, 2.75) is 20.0 Å². The average Bonchev–Trinajstić information content (AvgIpc) is 2.98. The van der Waals surface area contributed by atoms with Gasteiger partial charge in [0.1, 0.15) is 16.4 Å². The van der Waals surface area contributed by atoms with Crippen LogP contribution < -0.4 is 14.8 Å². The first-order valence-electron chi connectivity index (χ1n) is 6.90. The quantitative estimate of drug-likeness (QED) is 0.844. The fraction of sp³-hybridized carbons (Fsp3) is 0.250. The molecule has 0 unspecified atom stereocenters. The van der Waals surface area contributed by atoms with Gasteiger partial charge in [0.25, 0.3) is 5.91 Å². The number of hydrogen-bond donors (Lipinski definition) is 2. The maximum absolute atomic E-state index is 12.3. The summed E-state index contributed by atoms with van der Waals surface area (Å²) in [6.45, 7) is 3.77. The summed E-state index contributed by atoms with van der Waals surface area (Å²) in [7, 11) is 1.53. The van der Waals surface area contributed by atoms with E-state index in [4.69, 9.17) is 14.6 Å². The van der Waals surface area contributed by atoms with E-state index in [0.29, 0.717) is 22.1 Å². The summed E-state index contributed by atoms with van der Waals surface area (Å²) in [6, 6.07) is 7.99. The molecule has 0 saturated carbocycles. The van der Waals surface area contributed by atoms with Crippen molar-refractivity contribution in [1.82, 2.24) is 0 Å². The van der Waals surface area contributed by atoms with Gasteiger partial charge in [-0.15, -0.1) is 11.3 Å². The molecule has 0 aliphatic carbocycles. The standard InChI is InChI=1S/C16H17NO5S/c1-9(2)22-12-5-4-10(21-3)8-11(12)17-15(18)13-6-7-14(23-13)16(19)20/h4-9H,1-3H3,(H,17,18)(H,19,20). The Morgan fingerprint density at radius 3 is 2.43 bits per heavy atom. The van der Waals surface area contributed by atoms with Gasteiger partial charge in [-0.05, 0) is 38.1 Å². The number of amides is 1. The number of rotatable bonds is 6. The third kappa shape index (κ3) is 4.23. The van der Waals surface area contributed by atoms with Crippen molar-refractivity contribution in [3.63, 3.8) is 0 Å². The van der Waals surface area contributed by atoms with Crippen LogP contribution in [0.25, 0.3) is 0 Å². The minimum absolute atomic E-state index is 0.0561. The lowest BCUT2D eigenvalue weighted by atomic mass is 10.2. The maximum Gasteiger partial charge on any atom is 0.345 e. The van der Waals surface area contributed by atoms with E-state index in [2.05, 4.69) is 5.32 Å². The molecule has 1 aromatic carbocycles. The number of carboxylic acid groups (broad SMARTS) is 1. The highest BCUT2D eigenvalue weighted by molar-refractivity contribution is 7.15. The number of anilines is 1. The Morgan fingerprint density at radius 2 is 1.87 bits per heavy atom. The van der Waals surface area contributed by atoms with Crippen molar-refractivity contribution in [1.29, 1.82) is 0 Å². The highest BCUT2D eigenvalue weighted by Crippen LogP contribution is 2.31. The Balaban J connectivity index is 2.25. The zero-order valence-corrected chi connectivity index (χ0v) is 13.8. The Kier molecular flexibility index (Phi) is 5.23. The van der Waals surface area contributed by atoms with Gasteiger partial charge in [-0.1, -0.05) is 0 Å². The number of aromatic carboxylic acids is 1. The Hall–Kier alpha value is -2.54. The van der Waals surface area contributed by atoms with Gasteiger partial charge in [-0.3, -0.25) is 4.79 Å². The molecule has 7 heteroatoms. The minimum atomic E-state index is -1.06. The van der Waals surface area contributed by atoms with Crippen LogP contribution in [0.15, 0.2) is 30.3 Å². The van der Waals surface area contributed by atoms with Gasteiger partial charge in [-0.25, -0.2) is 4.79 Å². The van der Waals surface area contributed by atoms with Crippen LogP contribution in [-0.4, -0.2) is 30.2 Å². The largest absolute Gasteiger partial charge is 0.497 e. The van der Waals surface area contributed by atoms with E-state index < -0.39 is 11.9 Å². The summed E-state index contributed by atoms with van der Waals surface area (Å²) in [5, 5.41) is 11.7. The number of nitrogens with one attached hydrogen (secondary N) is 1. The van der Waals surface area contributed by atoms with Crippen LogP contribution in [0.3, 0.4) is 0 Å². The lowest BCUT2D eigenvalue weighted by Crippen LogP contribution is -2.13. The first-order chi connectivity index (χ1) is 10.9. The van der Waals surface area contributed by atoms with Crippen LogP contribution in [0.4, 0.5) is 5.69 Å². The Morgan fingerprint density at radius 1 is 1.17 bits per heavy atom. The fourth-order valence-electron chi connectivity index (χ4n) is 1.85. The Bertz CT molecular complexity index is 723. The summed E-state index contributed by atoms with van der Waals surface area (Å²) in [5.41, 5.74) is 0.466. The molecule has 1 aromatic heterocycles. The molecule has 0 bridgehead atoms. The maximum atomic E-state index is 12.3. The van der Waals surface area contributed by atoms with Gasteiger partial charge in [0, 0.05) is 6.07 Å². The number of ether oxygens (including phenoxy) is 2. The molecule has 2 aromatic rings. The number of carboxylic acids is 1. The highest BCUT2D eigenvalue weighted by Gasteiger charge is 2.16. The van der Waals surface area contributed by atoms with Gasteiger partial charge in [-0.2, -0.15) is 0 Å². The molecule has 0 aliphatic heterocycles. The van der Waals surface area contributed by atoms with E-state index >= 15 is 0 Å². The van der Waals surface area contributed by atoms with Crippen molar-refractivity contribution in [3.8, 4) is 11.5 Å². The molecule has 1 heterocycles. The van der Waals surface area contributed by atoms with Crippen molar-refractivity contribution in [3.05, 3.63) is 40.1 Å². The third-order valence-corrected chi connectivity index (χ3v) is 3.91. The molecule has 0 saturated heterocycles. The number of benzene rings is 1. The van der Waals surface area contributed by atoms with Gasteiger partial charge in [0.2, 0.25) is 0 Å². The van der Waals surface area contributed by atoms with E-state index in [9.17, 15) is 9.59 Å². The molecule has 23 heavy (non-hydrogen) atoms. The highest BCUT2D eigenvalue weighted by atomic mass is 32.1. The summed E-state index contributed by atoms with van der Waals surface area (Å²) in [4.78, 5) is 23.6. The van der Waals surface area contributed by atoms with Gasteiger partial charge in [0.15, 0.2) is 0 Å². The fourth-order valence-corrected chi connectivity index (χ4v) is 2.59. The van der Waals surface area contributed by atoms with Crippen LogP contribution in [0.1, 0.15) is 33.2 Å². The summed E-state index contributed by atoms with van der Waals surface area (Å²) in [6.07, 6.45) is -0.0561.